The van der Waals surface area contributed by atoms with E-state index in [-0.39, 0.29) is 11.8 Å². The van der Waals surface area contributed by atoms with Crippen LogP contribution in [-0.4, -0.2) is 5.91 Å². The Hall–Kier alpha value is -1.77. The van der Waals surface area contributed by atoms with Gasteiger partial charge in [-0.25, -0.2) is 0 Å². The summed E-state index contributed by atoms with van der Waals surface area (Å²) in [6, 6.07) is 7.77. The van der Waals surface area contributed by atoms with E-state index in [1.165, 1.54) is 0 Å². The van der Waals surface area contributed by atoms with E-state index in [0.717, 1.165) is 22.4 Å². The maximum atomic E-state index is 11.4. The molecular weight excluding hydrogens is 190 g/mol. The lowest BCUT2D eigenvalue weighted by atomic mass is 9.99. The molecule has 3 heteroatoms. The number of anilines is 1. The molecule has 1 aliphatic heterocycles. The summed E-state index contributed by atoms with van der Waals surface area (Å²) in [4.78, 5) is 11.4. The van der Waals surface area contributed by atoms with Crippen molar-refractivity contribution in [3.63, 3.8) is 0 Å². The van der Waals surface area contributed by atoms with E-state index in [1.54, 1.807) is 0 Å². The summed E-state index contributed by atoms with van der Waals surface area (Å²) < 4.78 is 5.74. The molecule has 0 bridgehead atoms. The van der Waals surface area contributed by atoms with E-state index in [2.05, 4.69) is 5.32 Å². The molecule has 1 aromatic carbocycles. The lowest BCUT2D eigenvalue weighted by molar-refractivity contribution is -0.116. The molecule has 1 aromatic heterocycles. The second-order valence-corrected chi connectivity index (χ2v) is 3.99. The third kappa shape index (κ3) is 1.16. The maximum Gasteiger partial charge on any atom is 0.225 e. The van der Waals surface area contributed by atoms with Crippen LogP contribution in [0.3, 0.4) is 0 Å². The van der Waals surface area contributed by atoms with Crippen molar-refractivity contribution in [2.24, 2.45) is 0 Å². The van der Waals surface area contributed by atoms with Crippen molar-refractivity contribution < 1.29 is 9.21 Å². The fourth-order valence-corrected chi connectivity index (χ4v) is 2.10. The molecule has 0 fully saturated rings. The highest BCUT2D eigenvalue weighted by atomic mass is 16.3. The number of fused-ring (bicyclic) bond motifs is 3. The molecule has 76 valence electrons. The van der Waals surface area contributed by atoms with Crippen molar-refractivity contribution in [3.05, 3.63) is 30.0 Å². The van der Waals surface area contributed by atoms with Crippen molar-refractivity contribution in [3.8, 4) is 0 Å². The smallest absolute Gasteiger partial charge is 0.225 e. The minimum Gasteiger partial charge on any atom is -0.459 e. The predicted molar refractivity (Wildman–Crippen MR) is 57.9 cm³/mol. The normalized spacial score (nSPS) is 20.1. The van der Waals surface area contributed by atoms with Gasteiger partial charge in [0.05, 0.1) is 5.69 Å². The molecule has 3 nitrogen and oxygen atoms in total. The Morgan fingerprint density at radius 2 is 2.20 bits per heavy atom. The molecule has 1 amide bonds. The van der Waals surface area contributed by atoms with Gasteiger partial charge in [-0.15, -0.1) is 0 Å². The Morgan fingerprint density at radius 3 is 3.07 bits per heavy atom. The molecule has 1 unspecified atom stereocenters. The van der Waals surface area contributed by atoms with E-state index >= 15 is 0 Å². The van der Waals surface area contributed by atoms with E-state index in [0.29, 0.717) is 6.42 Å². The summed E-state index contributed by atoms with van der Waals surface area (Å²) in [5.74, 6) is 1.14. The second kappa shape index (κ2) is 2.86. The molecule has 1 atom stereocenters. The topological polar surface area (TPSA) is 42.2 Å². The lowest BCUT2D eigenvalue weighted by Crippen LogP contribution is -2.20. The van der Waals surface area contributed by atoms with Gasteiger partial charge in [0.2, 0.25) is 5.91 Å². The molecule has 2 aromatic rings. The highest BCUT2D eigenvalue weighted by Crippen LogP contribution is 2.39. The molecule has 3 rings (SSSR count). The van der Waals surface area contributed by atoms with Crippen LogP contribution in [0.4, 0.5) is 5.69 Å². The van der Waals surface area contributed by atoms with Gasteiger partial charge in [0.25, 0.3) is 0 Å². The molecular formula is C12H11NO2. The van der Waals surface area contributed by atoms with Crippen LogP contribution in [0.5, 0.6) is 0 Å². The third-order valence-corrected chi connectivity index (χ3v) is 2.83. The molecule has 15 heavy (non-hydrogen) atoms. The van der Waals surface area contributed by atoms with Gasteiger partial charge in [-0.1, -0.05) is 19.1 Å². The molecule has 2 heterocycles. The van der Waals surface area contributed by atoms with E-state index in [9.17, 15) is 4.79 Å². The number of amides is 1. The van der Waals surface area contributed by atoms with Crippen molar-refractivity contribution in [2.45, 2.75) is 19.3 Å². The number of hydrogen-bond acceptors (Lipinski definition) is 2. The van der Waals surface area contributed by atoms with Gasteiger partial charge in [-0.05, 0) is 12.1 Å². The maximum absolute atomic E-state index is 11.4. The average Bonchev–Trinajstić information content (AvgIpc) is 2.57. The zero-order chi connectivity index (χ0) is 10.4. The summed E-state index contributed by atoms with van der Waals surface area (Å²) >= 11 is 0. The molecule has 0 radical (unpaired) electrons. The van der Waals surface area contributed by atoms with Gasteiger partial charge in [0.15, 0.2) is 0 Å². The minimum absolute atomic E-state index is 0.0709. The Bertz CT molecular complexity index is 542. The monoisotopic (exact) mass is 201 g/mol. The number of rotatable bonds is 0. The Morgan fingerprint density at radius 1 is 1.40 bits per heavy atom. The predicted octanol–water partition coefficient (Wildman–Crippen LogP) is 2.88. The summed E-state index contributed by atoms with van der Waals surface area (Å²) in [6.07, 6.45) is 0.507. The van der Waals surface area contributed by atoms with Crippen molar-refractivity contribution >= 4 is 22.6 Å². The Labute approximate surface area is 87.1 Å². The molecule has 1 aliphatic rings. The minimum atomic E-state index is 0.0709. The summed E-state index contributed by atoms with van der Waals surface area (Å²) in [7, 11) is 0. The molecule has 0 aliphatic carbocycles. The number of hydrogen-bond donors (Lipinski definition) is 1. The van der Waals surface area contributed by atoms with Gasteiger partial charge >= 0.3 is 0 Å². The number of furan rings is 1. The van der Waals surface area contributed by atoms with E-state index in [1.807, 2.05) is 31.2 Å². The van der Waals surface area contributed by atoms with E-state index in [4.69, 9.17) is 4.42 Å². The van der Waals surface area contributed by atoms with Crippen molar-refractivity contribution in [2.75, 3.05) is 5.32 Å². The number of carbonyl (C=O) groups is 1. The second-order valence-electron chi connectivity index (χ2n) is 3.99. The van der Waals surface area contributed by atoms with Crippen LogP contribution in [0.2, 0.25) is 0 Å². The summed E-state index contributed by atoms with van der Waals surface area (Å²) in [5.41, 5.74) is 1.70. The van der Waals surface area contributed by atoms with Gasteiger partial charge in [-0.2, -0.15) is 0 Å². The van der Waals surface area contributed by atoms with Crippen LogP contribution in [0, 0.1) is 0 Å². The molecule has 0 saturated carbocycles. The fraction of sp³-hybridized carbons (Fsp3) is 0.250. The Kier molecular flexibility index (Phi) is 1.63. The lowest BCUT2D eigenvalue weighted by Gasteiger charge is -2.17. The van der Waals surface area contributed by atoms with E-state index < -0.39 is 0 Å². The zero-order valence-corrected chi connectivity index (χ0v) is 8.41. The highest BCUT2D eigenvalue weighted by molar-refractivity contribution is 6.04. The van der Waals surface area contributed by atoms with Crippen LogP contribution in [-0.2, 0) is 4.79 Å². The quantitative estimate of drug-likeness (QED) is 0.712. The van der Waals surface area contributed by atoms with Crippen LogP contribution in [0.15, 0.2) is 28.7 Å². The van der Waals surface area contributed by atoms with Crippen LogP contribution >= 0.6 is 0 Å². The van der Waals surface area contributed by atoms with Gasteiger partial charge < -0.3 is 9.73 Å². The van der Waals surface area contributed by atoms with Crippen molar-refractivity contribution in [1.29, 1.82) is 0 Å². The number of nitrogens with one attached hydrogen (secondary N) is 1. The van der Waals surface area contributed by atoms with Gasteiger partial charge in [0, 0.05) is 17.7 Å². The number of para-hydroxylation sites is 1. The summed E-state index contributed by atoms with van der Waals surface area (Å²) in [5, 5.41) is 3.87. The first-order chi connectivity index (χ1) is 7.25. The van der Waals surface area contributed by atoms with Crippen LogP contribution in [0.25, 0.3) is 11.0 Å². The Balaban J connectivity index is 2.31. The first kappa shape index (κ1) is 8.53. The number of benzene rings is 1. The summed E-state index contributed by atoms with van der Waals surface area (Å²) in [6.45, 7) is 2.01. The van der Waals surface area contributed by atoms with Crippen LogP contribution in [0.1, 0.15) is 25.0 Å². The first-order valence-corrected chi connectivity index (χ1v) is 5.07. The molecule has 0 spiro atoms. The fourth-order valence-electron chi connectivity index (χ4n) is 2.10. The SMILES string of the molecule is CC1CC(=O)Nc2c1oc1ccccc21. The highest BCUT2D eigenvalue weighted by Gasteiger charge is 2.27. The standard InChI is InChI=1S/C12H11NO2/c1-7-6-10(14)13-11-8-4-2-3-5-9(8)15-12(7)11/h2-5,7H,6H2,1H3,(H,13,14). The van der Waals surface area contributed by atoms with Gasteiger partial charge in [0.1, 0.15) is 11.3 Å². The van der Waals surface area contributed by atoms with Crippen molar-refractivity contribution in [1.82, 2.24) is 0 Å². The van der Waals surface area contributed by atoms with Crippen LogP contribution < -0.4 is 5.32 Å². The zero-order valence-electron chi connectivity index (χ0n) is 8.41. The largest absolute Gasteiger partial charge is 0.459 e. The third-order valence-electron chi connectivity index (χ3n) is 2.83. The average molecular weight is 201 g/mol. The van der Waals surface area contributed by atoms with Gasteiger partial charge in [-0.3, -0.25) is 4.79 Å². The number of carbonyl (C=O) groups excluding carboxylic acids is 1. The first-order valence-electron chi connectivity index (χ1n) is 5.07. The molecule has 0 saturated heterocycles. The molecule has 1 N–H and O–H groups in total.